The van der Waals surface area contributed by atoms with Crippen molar-refractivity contribution in [3.05, 3.63) is 52.1 Å². The Morgan fingerprint density at radius 3 is 2.29 bits per heavy atom. The van der Waals surface area contributed by atoms with Crippen molar-refractivity contribution >= 4 is 52.6 Å². The van der Waals surface area contributed by atoms with Crippen molar-refractivity contribution in [2.75, 3.05) is 30.8 Å². The topological polar surface area (TPSA) is 241 Å². The van der Waals surface area contributed by atoms with Crippen LogP contribution in [0, 0.1) is 0 Å². The zero-order chi connectivity index (χ0) is 36.5. The highest BCUT2D eigenvalue weighted by Crippen LogP contribution is 2.26. The van der Waals surface area contributed by atoms with Crippen molar-refractivity contribution in [2.45, 2.75) is 58.0 Å². The number of methoxy groups -OCH3 is 1. The number of nitrogens with one attached hydrogen (secondary N) is 4. The number of nitrogen functional groups attached to an aromatic ring is 1. The first-order valence-corrected chi connectivity index (χ1v) is 14.5. The molecule has 0 bridgehead atoms. The maximum Gasteiger partial charge on any atom is 0.471 e. The van der Waals surface area contributed by atoms with Gasteiger partial charge in [-0.2, -0.15) is 18.2 Å². The molecule has 17 nitrogen and oxygen atoms in total. The van der Waals surface area contributed by atoms with Crippen molar-refractivity contribution in [1.29, 1.82) is 0 Å². The molecule has 3 rings (SSSR count). The number of hydrogen-bond donors (Lipinski definition) is 5. The highest BCUT2D eigenvalue weighted by molar-refractivity contribution is 5.99. The van der Waals surface area contributed by atoms with Gasteiger partial charge in [-0.15, -0.1) is 0 Å². The van der Waals surface area contributed by atoms with Gasteiger partial charge in [0.1, 0.15) is 11.6 Å². The van der Waals surface area contributed by atoms with Gasteiger partial charge in [-0.25, -0.2) is 19.6 Å². The average molecular weight is 694 g/mol. The summed E-state index contributed by atoms with van der Waals surface area (Å²) in [6, 6.07) is 3.08. The van der Waals surface area contributed by atoms with Gasteiger partial charge in [-0.3, -0.25) is 29.1 Å². The summed E-state index contributed by atoms with van der Waals surface area (Å²) in [5.74, 6) is -4.69. The Kier molecular flexibility index (Phi) is 12.2. The van der Waals surface area contributed by atoms with Gasteiger partial charge in [0.25, 0.3) is 11.5 Å². The van der Waals surface area contributed by atoms with Crippen molar-refractivity contribution in [2.24, 2.45) is 0 Å². The van der Waals surface area contributed by atoms with Crippen LogP contribution in [0.2, 0.25) is 0 Å². The summed E-state index contributed by atoms with van der Waals surface area (Å²) in [7, 11) is 1.08. The highest BCUT2D eigenvalue weighted by Gasteiger charge is 2.43. The molecule has 0 radical (unpaired) electrons. The van der Waals surface area contributed by atoms with Gasteiger partial charge in [-0.1, -0.05) is 0 Å². The molecule has 6 N–H and O–H groups in total. The third-order valence-electron chi connectivity index (χ3n) is 6.30. The molecule has 1 atom stereocenters. The van der Waals surface area contributed by atoms with Crippen molar-refractivity contribution in [3.63, 3.8) is 0 Å². The van der Waals surface area contributed by atoms with Crippen LogP contribution in [0.25, 0.3) is 11.2 Å². The number of aromatic amines is 1. The third kappa shape index (κ3) is 11.1. The minimum absolute atomic E-state index is 0.0611. The number of alkyl carbamates (subject to hydrolysis) is 1. The first-order valence-electron chi connectivity index (χ1n) is 14.5. The van der Waals surface area contributed by atoms with E-state index in [1.165, 1.54) is 0 Å². The predicted octanol–water partition coefficient (Wildman–Crippen LogP) is 1.08. The minimum Gasteiger partial charge on any atom is -0.467 e. The number of esters is 1. The number of amides is 4. The zero-order valence-corrected chi connectivity index (χ0v) is 26.8. The lowest BCUT2D eigenvalue weighted by Gasteiger charge is -2.24. The lowest BCUT2D eigenvalue weighted by molar-refractivity contribution is -0.170. The quantitative estimate of drug-likeness (QED) is 0.132. The second-order valence-electron chi connectivity index (χ2n) is 11.3. The number of fused-ring (bicyclic) bond motifs is 1. The van der Waals surface area contributed by atoms with Crippen LogP contribution in [0.4, 0.5) is 29.6 Å². The monoisotopic (exact) mass is 693 g/mol. The van der Waals surface area contributed by atoms with Crippen LogP contribution in [0.5, 0.6) is 0 Å². The summed E-state index contributed by atoms with van der Waals surface area (Å²) in [5.41, 5.74) is 2.93. The molecule has 0 fully saturated rings. The van der Waals surface area contributed by atoms with Gasteiger partial charge in [0.2, 0.25) is 11.9 Å². The van der Waals surface area contributed by atoms with E-state index in [0.29, 0.717) is 4.90 Å². The number of hydrogen-bond acceptors (Lipinski definition) is 12. The summed E-state index contributed by atoms with van der Waals surface area (Å²) >= 11 is 0. The number of rotatable bonds is 12. The number of carbonyl (C=O) groups is 5. The highest BCUT2D eigenvalue weighted by atomic mass is 19.4. The molecule has 0 aliphatic carbocycles. The first-order chi connectivity index (χ1) is 22.9. The lowest BCUT2D eigenvalue weighted by atomic mass is 10.1. The van der Waals surface area contributed by atoms with Crippen molar-refractivity contribution in [3.8, 4) is 0 Å². The Hall–Kier alpha value is -5.82. The predicted molar refractivity (Wildman–Crippen MR) is 166 cm³/mol. The molecule has 0 saturated carbocycles. The second-order valence-corrected chi connectivity index (χ2v) is 11.3. The largest absolute Gasteiger partial charge is 0.471 e. The summed E-state index contributed by atoms with van der Waals surface area (Å²) < 4.78 is 50.4. The van der Waals surface area contributed by atoms with E-state index in [2.05, 4.69) is 35.9 Å². The van der Waals surface area contributed by atoms with Crippen LogP contribution in [0.15, 0.2) is 35.3 Å². The Morgan fingerprint density at radius 1 is 1.02 bits per heavy atom. The van der Waals surface area contributed by atoms with Crippen molar-refractivity contribution in [1.82, 2.24) is 35.9 Å². The van der Waals surface area contributed by atoms with E-state index in [9.17, 15) is 41.9 Å². The number of anilines is 2. The molecular weight excluding hydrogens is 659 g/mol. The molecule has 1 aromatic carbocycles. The Morgan fingerprint density at radius 2 is 1.67 bits per heavy atom. The van der Waals surface area contributed by atoms with E-state index in [1.54, 1.807) is 20.8 Å². The Balaban J connectivity index is 1.67. The normalized spacial score (nSPS) is 12.1. The number of H-pyrrole nitrogens is 1. The molecule has 0 spiro atoms. The first kappa shape index (κ1) is 37.6. The molecule has 0 aliphatic heterocycles. The number of nitrogens with two attached hydrogens (primary N) is 1. The number of ether oxygens (including phenoxy) is 2. The fourth-order valence-corrected chi connectivity index (χ4v) is 4.11. The van der Waals surface area contributed by atoms with Crippen LogP contribution >= 0.6 is 0 Å². The molecule has 0 saturated heterocycles. The van der Waals surface area contributed by atoms with E-state index < -0.39 is 59.7 Å². The van der Waals surface area contributed by atoms with E-state index in [4.69, 9.17) is 15.2 Å². The van der Waals surface area contributed by atoms with E-state index in [-0.39, 0.29) is 60.0 Å². The van der Waals surface area contributed by atoms with Crippen LogP contribution in [0.3, 0.4) is 0 Å². The van der Waals surface area contributed by atoms with Gasteiger partial charge in [0.05, 0.1) is 25.5 Å². The summed E-state index contributed by atoms with van der Waals surface area (Å²) in [6.45, 7) is 4.45. The molecule has 264 valence electrons. The van der Waals surface area contributed by atoms with E-state index in [0.717, 1.165) is 37.6 Å². The Bertz CT molecular complexity index is 1760. The van der Waals surface area contributed by atoms with Crippen LogP contribution in [-0.4, -0.2) is 87.7 Å². The standard InChI is InChI=1S/C29H34F3N9O8/c1-28(2,3)49-27(47)35-12-11-34-19(42)10-9-18(24(45)48-4)38-22(43)15-5-7-17(8-6-15)41(25(46)29(30,31)32)14-16-13-36-21-20(37-16)23(44)40-26(33)39-21/h5-8,13,18H,9-12,14H2,1-4H3,(H,34,42)(H,35,47)(H,38,43)(H3,33,36,39,40,44)/t18-/m0/s1. The van der Waals surface area contributed by atoms with Gasteiger partial charge >= 0.3 is 24.1 Å². The minimum atomic E-state index is -5.30. The van der Waals surface area contributed by atoms with E-state index >= 15 is 0 Å². The molecule has 20 heteroatoms. The van der Waals surface area contributed by atoms with Gasteiger partial charge in [-0.05, 0) is 51.5 Å². The number of halogens is 3. The summed E-state index contributed by atoms with van der Waals surface area (Å²) in [4.78, 5) is 87.9. The smallest absolute Gasteiger partial charge is 0.467 e. The molecule has 0 unspecified atom stereocenters. The molecule has 3 aromatic rings. The maximum absolute atomic E-state index is 13.5. The molecule has 2 heterocycles. The number of benzene rings is 1. The molecule has 49 heavy (non-hydrogen) atoms. The van der Waals surface area contributed by atoms with Crippen LogP contribution < -0.4 is 32.1 Å². The molecule has 0 aliphatic rings. The second kappa shape index (κ2) is 15.8. The average Bonchev–Trinajstić information content (AvgIpc) is 3.02. The molecular formula is C29H34F3N9O8. The Labute approximate surface area is 276 Å². The number of nitrogens with zero attached hydrogens (tertiary/aromatic N) is 4. The lowest BCUT2D eigenvalue weighted by Crippen LogP contribution is -2.43. The van der Waals surface area contributed by atoms with Crippen molar-refractivity contribution < 1.29 is 46.6 Å². The number of aromatic nitrogens is 4. The van der Waals surface area contributed by atoms with E-state index in [1.807, 2.05) is 0 Å². The zero-order valence-electron chi connectivity index (χ0n) is 26.8. The van der Waals surface area contributed by atoms with Crippen LogP contribution in [0.1, 0.15) is 49.7 Å². The fourth-order valence-electron chi connectivity index (χ4n) is 4.11. The molecule has 2 aromatic heterocycles. The van der Waals surface area contributed by atoms with Gasteiger partial charge in [0.15, 0.2) is 11.2 Å². The van der Waals surface area contributed by atoms with Crippen LogP contribution in [-0.2, 0) is 30.4 Å². The SMILES string of the molecule is COC(=O)[C@H](CCC(=O)NCCNC(=O)OC(C)(C)C)NC(=O)c1ccc(N(Cc2cnc3nc(N)[nH]c(=O)c3n2)C(=O)C(F)(F)F)cc1. The third-order valence-corrected chi connectivity index (χ3v) is 6.30. The summed E-state index contributed by atoms with van der Waals surface area (Å²) in [5, 5.41) is 7.43. The number of carbonyl (C=O) groups excluding carboxylic acids is 5. The maximum atomic E-state index is 13.5. The molecule has 4 amide bonds. The van der Waals surface area contributed by atoms with Gasteiger partial charge < -0.3 is 31.2 Å². The number of alkyl halides is 3. The summed E-state index contributed by atoms with van der Waals surface area (Å²) in [6.07, 6.45) is -5.33. The fraction of sp³-hybridized carbons (Fsp3) is 0.414. The van der Waals surface area contributed by atoms with Gasteiger partial charge in [0, 0.05) is 30.8 Å².